The smallest absolute Gasteiger partial charge is 0.253 e. The molecular weight excluding hydrogens is 434 g/mol. The molecule has 5 rings (SSSR count). The number of nitrogens with zero attached hydrogens (tertiary/aromatic N) is 1. The van der Waals surface area contributed by atoms with Gasteiger partial charge in [0.25, 0.3) is 11.8 Å². The molecule has 0 bridgehead atoms. The predicted octanol–water partition coefficient (Wildman–Crippen LogP) is 6.92. The first-order chi connectivity index (χ1) is 15.8. The fraction of sp³-hybridized carbons (Fsp3) is 0.192. The molecule has 168 valence electrons. The molecule has 1 aromatic heterocycles. The third-order valence-electron chi connectivity index (χ3n) is 6.02. The van der Waals surface area contributed by atoms with E-state index in [4.69, 9.17) is 4.42 Å². The van der Waals surface area contributed by atoms with Crippen molar-refractivity contribution in [3.63, 3.8) is 0 Å². The fourth-order valence-electron chi connectivity index (χ4n) is 4.18. The van der Waals surface area contributed by atoms with Crippen molar-refractivity contribution >= 4 is 16.9 Å². The number of fused-ring (bicyclic) bond motifs is 1. The second kappa shape index (κ2) is 8.06. The average molecular weight is 453 g/mol. The third-order valence-corrected chi connectivity index (χ3v) is 6.02. The summed E-state index contributed by atoms with van der Waals surface area (Å²) in [5, 5.41) is 0.751. The van der Waals surface area contributed by atoms with Crippen LogP contribution < -0.4 is 0 Å². The van der Waals surface area contributed by atoms with Crippen LogP contribution in [-0.4, -0.2) is 29.8 Å². The number of halogens is 4. The van der Waals surface area contributed by atoms with Gasteiger partial charge in [-0.25, -0.2) is 17.6 Å². The molecule has 1 amide bonds. The van der Waals surface area contributed by atoms with E-state index in [-0.39, 0.29) is 30.0 Å². The Kier molecular flexibility index (Phi) is 5.19. The maximum atomic E-state index is 15.1. The summed E-state index contributed by atoms with van der Waals surface area (Å²) in [6.07, 6.45) is 0.744. The van der Waals surface area contributed by atoms with Crippen LogP contribution in [0.5, 0.6) is 0 Å². The lowest BCUT2D eigenvalue weighted by Crippen LogP contribution is -2.42. The van der Waals surface area contributed by atoms with E-state index in [1.54, 1.807) is 30.3 Å². The monoisotopic (exact) mass is 453 g/mol. The molecule has 7 heteroatoms. The predicted molar refractivity (Wildman–Crippen MR) is 117 cm³/mol. The van der Waals surface area contributed by atoms with Crippen LogP contribution in [0.1, 0.15) is 23.2 Å². The zero-order valence-electron chi connectivity index (χ0n) is 17.5. The Morgan fingerprint density at radius 2 is 1.58 bits per heavy atom. The molecule has 1 aliphatic heterocycles. The van der Waals surface area contributed by atoms with Crippen LogP contribution >= 0.6 is 0 Å². The van der Waals surface area contributed by atoms with E-state index in [1.807, 2.05) is 0 Å². The first-order valence-corrected chi connectivity index (χ1v) is 10.5. The van der Waals surface area contributed by atoms with Crippen molar-refractivity contribution in [2.45, 2.75) is 18.8 Å². The minimum Gasteiger partial charge on any atom is -0.464 e. The quantitative estimate of drug-likeness (QED) is 0.316. The number of rotatable bonds is 3. The number of alkyl halides is 2. The number of amides is 1. The minimum absolute atomic E-state index is 0.0621. The second-order valence-corrected chi connectivity index (χ2v) is 8.21. The minimum atomic E-state index is -2.76. The van der Waals surface area contributed by atoms with E-state index in [9.17, 15) is 18.0 Å². The summed E-state index contributed by atoms with van der Waals surface area (Å²) in [4.78, 5) is 14.0. The van der Waals surface area contributed by atoms with Gasteiger partial charge in [-0.1, -0.05) is 18.2 Å². The highest BCUT2D eigenvalue weighted by atomic mass is 19.3. The molecule has 0 saturated carbocycles. The molecule has 3 aromatic carbocycles. The van der Waals surface area contributed by atoms with Crippen molar-refractivity contribution in [3.05, 3.63) is 84.1 Å². The zero-order valence-corrected chi connectivity index (χ0v) is 17.5. The van der Waals surface area contributed by atoms with Crippen molar-refractivity contribution in [1.29, 1.82) is 0 Å². The number of carbonyl (C=O) groups excluding carboxylic acids is 1. The molecule has 33 heavy (non-hydrogen) atoms. The van der Waals surface area contributed by atoms with Crippen LogP contribution in [0.15, 0.2) is 71.3 Å². The molecule has 1 saturated heterocycles. The van der Waals surface area contributed by atoms with E-state index < -0.39 is 30.5 Å². The molecular formula is C26H19F4NO2. The Bertz CT molecular complexity index is 1330. The van der Waals surface area contributed by atoms with Gasteiger partial charge in [-0.2, -0.15) is 0 Å². The molecule has 4 aromatic rings. The topological polar surface area (TPSA) is 33.5 Å². The van der Waals surface area contributed by atoms with Gasteiger partial charge < -0.3 is 9.32 Å². The van der Waals surface area contributed by atoms with E-state index in [0.29, 0.717) is 22.3 Å². The SMILES string of the molecule is O=C(c1ccc(-c2cc(-c3ccc(F)cc3)c3occc3c2)c(F)c1)N1CCC(F)(F)CC1. The fourth-order valence-corrected chi connectivity index (χ4v) is 4.18. The van der Waals surface area contributed by atoms with Crippen molar-refractivity contribution in [2.24, 2.45) is 0 Å². The highest BCUT2D eigenvalue weighted by Gasteiger charge is 2.35. The van der Waals surface area contributed by atoms with Gasteiger partial charge in [0.2, 0.25) is 0 Å². The lowest BCUT2D eigenvalue weighted by atomic mass is 9.95. The summed E-state index contributed by atoms with van der Waals surface area (Å²) in [6, 6.07) is 15.4. The van der Waals surface area contributed by atoms with Crippen LogP contribution in [-0.2, 0) is 0 Å². The summed E-state index contributed by atoms with van der Waals surface area (Å²) in [7, 11) is 0. The molecule has 1 aliphatic rings. The highest BCUT2D eigenvalue weighted by molar-refractivity contribution is 5.98. The van der Waals surface area contributed by atoms with Crippen molar-refractivity contribution < 1.29 is 26.8 Å². The average Bonchev–Trinajstić information content (AvgIpc) is 3.27. The molecule has 0 atom stereocenters. The summed E-state index contributed by atoms with van der Waals surface area (Å²) in [5.74, 6) is -4.20. The van der Waals surface area contributed by atoms with Crippen LogP contribution in [0.4, 0.5) is 17.6 Å². The van der Waals surface area contributed by atoms with Gasteiger partial charge >= 0.3 is 0 Å². The largest absolute Gasteiger partial charge is 0.464 e. The van der Waals surface area contributed by atoms with E-state index in [0.717, 1.165) is 11.5 Å². The molecule has 0 radical (unpaired) electrons. The van der Waals surface area contributed by atoms with Crippen molar-refractivity contribution in [1.82, 2.24) is 4.90 Å². The Morgan fingerprint density at radius 3 is 2.27 bits per heavy atom. The number of benzene rings is 3. The maximum absolute atomic E-state index is 15.1. The summed E-state index contributed by atoms with van der Waals surface area (Å²) >= 11 is 0. The number of hydrogen-bond donors (Lipinski definition) is 0. The van der Waals surface area contributed by atoms with Crippen LogP contribution in [0.3, 0.4) is 0 Å². The first-order valence-electron chi connectivity index (χ1n) is 10.5. The van der Waals surface area contributed by atoms with E-state index in [2.05, 4.69) is 0 Å². The third kappa shape index (κ3) is 4.11. The van der Waals surface area contributed by atoms with E-state index >= 15 is 4.39 Å². The lowest BCUT2D eigenvalue weighted by molar-refractivity contribution is -0.0494. The number of carbonyl (C=O) groups is 1. The first kappa shape index (κ1) is 21.2. The number of furan rings is 1. The van der Waals surface area contributed by atoms with E-state index in [1.165, 1.54) is 35.4 Å². The number of hydrogen-bond acceptors (Lipinski definition) is 2. The standard InChI is InChI=1S/C26H19F4NO2/c27-20-4-1-16(2-5-20)22-14-19(13-17-7-12-33-24(17)22)21-6-3-18(15-23(21)28)25(32)31-10-8-26(29,30)9-11-31/h1-7,12-15H,8-11H2. The van der Waals surface area contributed by atoms with Gasteiger partial charge in [0.05, 0.1) is 6.26 Å². The molecule has 0 aliphatic carbocycles. The number of likely N-dealkylation sites (tertiary alicyclic amines) is 1. The van der Waals surface area contributed by atoms with Crippen LogP contribution in [0.25, 0.3) is 33.2 Å². The number of piperidine rings is 1. The zero-order chi connectivity index (χ0) is 23.2. The maximum Gasteiger partial charge on any atom is 0.253 e. The molecule has 0 spiro atoms. The van der Waals surface area contributed by atoms with Crippen LogP contribution in [0.2, 0.25) is 0 Å². The van der Waals surface area contributed by atoms with Gasteiger partial charge in [-0.15, -0.1) is 0 Å². The van der Waals surface area contributed by atoms with Crippen molar-refractivity contribution in [3.8, 4) is 22.3 Å². The molecule has 0 unspecified atom stereocenters. The van der Waals surface area contributed by atoms with Crippen LogP contribution in [0, 0.1) is 11.6 Å². The molecule has 3 nitrogen and oxygen atoms in total. The molecule has 1 fully saturated rings. The van der Waals surface area contributed by atoms with Crippen molar-refractivity contribution in [2.75, 3.05) is 13.1 Å². The Morgan fingerprint density at radius 1 is 0.848 bits per heavy atom. The summed E-state index contributed by atoms with van der Waals surface area (Å²) in [5.41, 5.74) is 2.96. The molecule has 0 N–H and O–H groups in total. The summed E-state index contributed by atoms with van der Waals surface area (Å²) in [6.45, 7) is -0.124. The Balaban J connectivity index is 1.49. The lowest BCUT2D eigenvalue weighted by Gasteiger charge is -2.31. The van der Waals surface area contributed by atoms with Gasteiger partial charge in [0, 0.05) is 48.0 Å². The normalized spacial score (nSPS) is 15.7. The highest BCUT2D eigenvalue weighted by Crippen LogP contribution is 2.36. The van der Waals surface area contributed by atoms with Gasteiger partial charge in [0.1, 0.15) is 17.2 Å². The van der Waals surface area contributed by atoms with Gasteiger partial charge in [-0.3, -0.25) is 4.79 Å². The Hall–Kier alpha value is -3.61. The Labute approximate surface area is 187 Å². The van der Waals surface area contributed by atoms with Gasteiger partial charge in [0.15, 0.2) is 0 Å². The molecule has 2 heterocycles. The second-order valence-electron chi connectivity index (χ2n) is 8.21. The summed E-state index contributed by atoms with van der Waals surface area (Å²) < 4.78 is 60.9. The van der Waals surface area contributed by atoms with Gasteiger partial charge in [-0.05, 0) is 53.6 Å².